The Morgan fingerprint density at radius 1 is 1.41 bits per heavy atom. The number of allylic oxidation sites excluding steroid dienone is 1. The number of hydrogen-bond acceptors (Lipinski definition) is 4. The van der Waals surface area contributed by atoms with Crippen molar-refractivity contribution < 1.29 is 5.11 Å². The molecule has 0 spiro atoms. The van der Waals surface area contributed by atoms with Crippen molar-refractivity contribution in [1.29, 1.82) is 5.26 Å². The molecular weight excluding hydrogens is 232 g/mol. The normalized spacial score (nSPS) is 11.2. The van der Waals surface area contributed by atoms with Crippen LogP contribution in [0.25, 0.3) is 11.6 Å². The highest BCUT2D eigenvalue weighted by molar-refractivity contribution is 7.11. The maximum absolute atomic E-state index is 9.17. The first kappa shape index (κ1) is 11.4. The fourth-order valence-corrected chi connectivity index (χ4v) is 2.12. The average Bonchev–Trinajstić information content (AvgIpc) is 2.75. The number of hydrogen-bond donors (Lipinski definition) is 1. The molecule has 2 rings (SSSR count). The fourth-order valence-electron chi connectivity index (χ4n) is 1.36. The second-order valence-corrected chi connectivity index (χ2v) is 4.41. The predicted octanol–water partition coefficient (Wildman–Crippen LogP) is 3.22. The van der Waals surface area contributed by atoms with Gasteiger partial charge < -0.3 is 5.11 Å². The molecule has 3 nitrogen and oxygen atoms in total. The van der Waals surface area contributed by atoms with Crippen LogP contribution in [0, 0.1) is 18.3 Å². The molecular formula is C13H10N2OS. The van der Waals surface area contributed by atoms with Crippen molar-refractivity contribution >= 4 is 23.0 Å². The topological polar surface area (TPSA) is 56.9 Å². The summed E-state index contributed by atoms with van der Waals surface area (Å²) in [4.78, 5) is 4.27. The summed E-state index contributed by atoms with van der Waals surface area (Å²) in [5.41, 5.74) is 2.32. The summed E-state index contributed by atoms with van der Waals surface area (Å²) in [5, 5.41) is 20.9. The van der Waals surface area contributed by atoms with Gasteiger partial charge >= 0.3 is 0 Å². The maximum Gasteiger partial charge on any atom is 0.134 e. The maximum atomic E-state index is 9.17. The van der Waals surface area contributed by atoms with Gasteiger partial charge in [-0.3, -0.25) is 0 Å². The predicted molar refractivity (Wildman–Crippen MR) is 68.4 cm³/mol. The second kappa shape index (κ2) is 4.81. The lowest BCUT2D eigenvalue weighted by atomic mass is 10.1. The Morgan fingerprint density at radius 2 is 2.12 bits per heavy atom. The van der Waals surface area contributed by atoms with Crippen LogP contribution in [0.4, 0.5) is 0 Å². The summed E-state index contributed by atoms with van der Waals surface area (Å²) in [6.07, 6.45) is 1.76. The molecule has 0 unspecified atom stereocenters. The number of nitrogens with zero attached hydrogens (tertiary/aromatic N) is 2. The number of phenols is 1. The van der Waals surface area contributed by atoms with Crippen LogP contribution in [0.15, 0.2) is 29.6 Å². The van der Waals surface area contributed by atoms with Gasteiger partial charge in [-0.2, -0.15) is 5.26 Å². The van der Waals surface area contributed by atoms with E-state index in [-0.39, 0.29) is 5.75 Å². The van der Waals surface area contributed by atoms with Gasteiger partial charge in [0, 0.05) is 11.1 Å². The van der Waals surface area contributed by atoms with Crippen LogP contribution >= 0.6 is 11.3 Å². The molecule has 1 N–H and O–H groups in total. The summed E-state index contributed by atoms with van der Waals surface area (Å²) >= 11 is 1.45. The average molecular weight is 242 g/mol. The number of rotatable bonds is 2. The highest BCUT2D eigenvalue weighted by Gasteiger charge is 2.05. The molecule has 0 aliphatic rings. The lowest BCUT2D eigenvalue weighted by Crippen LogP contribution is -1.81. The van der Waals surface area contributed by atoms with Gasteiger partial charge in [0.15, 0.2) is 0 Å². The van der Waals surface area contributed by atoms with Crippen LogP contribution in [-0.4, -0.2) is 10.1 Å². The van der Waals surface area contributed by atoms with Gasteiger partial charge in [0.05, 0.1) is 5.57 Å². The first-order valence-corrected chi connectivity index (χ1v) is 5.90. The van der Waals surface area contributed by atoms with E-state index in [9.17, 15) is 5.11 Å². The van der Waals surface area contributed by atoms with E-state index in [1.807, 2.05) is 12.3 Å². The molecule has 0 bridgehead atoms. The molecule has 0 atom stereocenters. The molecule has 0 radical (unpaired) electrons. The quantitative estimate of drug-likeness (QED) is 0.822. The van der Waals surface area contributed by atoms with Gasteiger partial charge in [0.1, 0.15) is 16.8 Å². The highest BCUT2D eigenvalue weighted by atomic mass is 32.1. The summed E-state index contributed by atoms with van der Waals surface area (Å²) < 4.78 is 0. The second-order valence-electron chi connectivity index (χ2n) is 3.56. The summed E-state index contributed by atoms with van der Waals surface area (Å²) in [6, 6.07) is 8.84. The zero-order chi connectivity index (χ0) is 12.3. The van der Waals surface area contributed by atoms with Crippen LogP contribution in [0.3, 0.4) is 0 Å². The van der Waals surface area contributed by atoms with E-state index < -0.39 is 0 Å². The number of aromatic nitrogens is 1. The zero-order valence-corrected chi connectivity index (χ0v) is 10.0. The number of thiazole rings is 1. The molecule has 4 heteroatoms. The van der Waals surface area contributed by atoms with Crippen molar-refractivity contribution in [2.24, 2.45) is 0 Å². The molecule has 0 amide bonds. The first-order valence-electron chi connectivity index (χ1n) is 5.02. The molecule has 1 heterocycles. The Kier molecular flexibility index (Phi) is 3.22. The van der Waals surface area contributed by atoms with Crippen molar-refractivity contribution in [3.8, 4) is 11.8 Å². The zero-order valence-electron chi connectivity index (χ0n) is 9.21. The van der Waals surface area contributed by atoms with Gasteiger partial charge in [-0.05, 0) is 30.7 Å². The minimum atomic E-state index is 0.214. The van der Waals surface area contributed by atoms with E-state index in [2.05, 4.69) is 11.1 Å². The fraction of sp³-hybridized carbons (Fsp3) is 0.0769. The Morgan fingerprint density at radius 3 is 2.65 bits per heavy atom. The number of aryl methyl sites for hydroxylation is 1. The van der Waals surface area contributed by atoms with Crippen LogP contribution in [0.2, 0.25) is 0 Å². The molecule has 0 fully saturated rings. The van der Waals surface area contributed by atoms with Gasteiger partial charge in [0.25, 0.3) is 0 Å². The lowest BCUT2D eigenvalue weighted by Gasteiger charge is -1.96. The monoisotopic (exact) mass is 242 g/mol. The lowest BCUT2D eigenvalue weighted by molar-refractivity contribution is 0.475. The summed E-state index contributed by atoms with van der Waals surface area (Å²) in [7, 11) is 0. The Bertz CT molecular complexity index is 591. The van der Waals surface area contributed by atoms with Crippen molar-refractivity contribution in [3.05, 3.63) is 45.9 Å². The van der Waals surface area contributed by atoms with E-state index in [1.54, 1.807) is 30.3 Å². The first-order chi connectivity index (χ1) is 8.19. The SMILES string of the molecule is Cc1csc(/C(C#N)=C/c2ccc(O)cc2)n1. The standard InChI is InChI=1S/C13H10N2OS/c1-9-8-17-13(15-9)11(7-14)6-10-2-4-12(16)5-3-10/h2-6,8,16H,1H3/b11-6+. The Hall–Kier alpha value is -2.12. The van der Waals surface area contributed by atoms with Crippen LogP contribution in [0.5, 0.6) is 5.75 Å². The minimum absolute atomic E-state index is 0.214. The van der Waals surface area contributed by atoms with Crippen molar-refractivity contribution in [3.63, 3.8) is 0 Å². The van der Waals surface area contributed by atoms with Crippen LogP contribution in [-0.2, 0) is 0 Å². The number of nitriles is 1. The summed E-state index contributed by atoms with van der Waals surface area (Å²) in [5.74, 6) is 0.214. The largest absolute Gasteiger partial charge is 0.508 e. The number of phenolic OH excluding ortho intramolecular Hbond substituents is 1. The highest BCUT2D eigenvalue weighted by Crippen LogP contribution is 2.22. The molecule has 0 aliphatic heterocycles. The van der Waals surface area contributed by atoms with E-state index in [1.165, 1.54) is 11.3 Å². The molecule has 1 aromatic carbocycles. The van der Waals surface area contributed by atoms with Crippen molar-refractivity contribution in [2.75, 3.05) is 0 Å². The number of aromatic hydroxyl groups is 1. The van der Waals surface area contributed by atoms with Crippen LogP contribution in [0.1, 0.15) is 16.3 Å². The third-order valence-corrected chi connectivity index (χ3v) is 3.17. The van der Waals surface area contributed by atoms with Crippen molar-refractivity contribution in [2.45, 2.75) is 6.92 Å². The van der Waals surface area contributed by atoms with E-state index in [0.717, 1.165) is 16.3 Å². The third kappa shape index (κ3) is 2.71. The molecule has 17 heavy (non-hydrogen) atoms. The van der Waals surface area contributed by atoms with E-state index in [0.29, 0.717) is 5.57 Å². The molecule has 0 aliphatic carbocycles. The molecule has 0 saturated heterocycles. The summed E-state index contributed by atoms with van der Waals surface area (Å²) in [6.45, 7) is 1.90. The van der Waals surface area contributed by atoms with E-state index in [4.69, 9.17) is 5.26 Å². The van der Waals surface area contributed by atoms with Crippen molar-refractivity contribution in [1.82, 2.24) is 4.98 Å². The van der Waals surface area contributed by atoms with Gasteiger partial charge in [-0.1, -0.05) is 12.1 Å². The smallest absolute Gasteiger partial charge is 0.134 e. The molecule has 0 saturated carbocycles. The van der Waals surface area contributed by atoms with Crippen LogP contribution < -0.4 is 0 Å². The Labute approximate surface area is 103 Å². The van der Waals surface area contributed by atoms with Gasteiger partial charge in [0.2, 0.25) is 0 Å². The van der Waals surface area contributed by atoms with Gasteiger partial charge in [-0.25, -0.2) is 4.98 Å². The third-order valence-electron chi connectivity index (χ3n) is 2.17. The molecule has 1 aromatic heterocycles. The Balaban J connectivity index is 2.36. The van der Waals surface area contributed by atoms with E-state index >= 15 is 0 Å². The molecule has 84 valence electrons. The number of benzene rings is 1. The van der Waals surface area contributed by atoms with Gasteiger partial charge in [-0.15, -0.1) is 11.3 Å². The molecule has 2 aromatic rings. The minimum Gasteiger partial charge on any atom is -0.508 e.